The van der Waals surface area contributed by atoms with Gasteiger partial charge < -0.3 is 10.1 Å². The maximum atomic E-state index is 5.11. The number of rotatable bonds is 4. The molecule has 1 fully saturated rings. The van der Waals surface area contributed by atoms with Crippen molar-refractivity contribution < 1.29 is 4.74 Å². The van der Waals surface area contributed by atoms with Gasteiger partial charge in [-0.15, -0.1) is 0 Å². The summed E-state index contributed by atoms with van der Waals surface area (Å²) >= 11 is 1.80. The Morgan fingerprint density at radius 1 is 1.57 bits per heavy atom. The SMILES string of the molecule is CNCc1ccc(SC2COC2)nc1. The summed E-state index contributed by atoms with van der Waals surface area (Å²) in [6.07, 6.45) is 1.93. The van der Waals surface area contributed by atoms with Crippen LogP contribution in [-0.2, 0) is 11.3 Å². The van der Waals surface area contributed by atoms with E-state index in [1.165, 1.54) is 5.56 Å². The van der Waals surface area contributed by atoms with Gasteiger partial charge in [0.05, 0.1) is 23.5 Å². The first-order valence-corrected chi connectivity index (χ1v) is 5.60. The van der Waals surface area contributed by atoms with Crippen LogP contribution in [0.3, 0.4) is 0 Å². The first-order chi connectivity index (χ1) is 6.88. The molecule has 0 unspecified atom stereocenters. The minimum absolute atomic E-state index is 0.609. The summed E-state index contributed by atoms with van der Waals surface area (Å²) in [5.74, 6) is 0. The van der Waals surface area contributed by atoms with E-state index in [2.05, 4.69) is 22.4 Å². The summed E-state index contributed by atoms with van der Waals surface area (Å²) in [6, 6.07) is 4.20. The second kappa shape index (κ2) is 4.77. The number of hydrogen-bond donors (Lipinski definition) is 1. The highest BCUT2D eigenvalue weighted by molar-refractivity contribution is 8.00. The fraction of sp³-hybridized carbons (Fsp3) is 0.500. The molecule has 1 aliphatic rings. The Bertz CT molecular complexity index is 285. The van der Waals surface area contributed by atoms with Crippen LogP contribution in [0.5, 0.6) is 0 Å². The van der Waals surface area contributed by atoms with Crippen LogP contribution in [0.4, 0.5) is 0 Å². The zero-order chi connectivity index (χ0) is 9.80. The molecule has 1 aromatic rings. The molecule has 1 saturated heterocycles. The molecular weight excluding hydrogens is 196 g/mol. The zero-order valence-electron chi connectivity index (χ0n) is 8.19. The fourth-order valence-electron chi connectivity index (χ4n) is 1.24. The molecule has 0 atom stereocenters. The van der Waals surface area contributed by atoms with E-state index >= 15 is 0 Å². The van der Waals surface area contributed by atoms with Gasteiger partial charge in [-0.05, 0) is 18.7 Å². The second-order valence-corrected chi connectivity index (χ2v) is 4.63. The lowest BCUT2D eigenvalue weighted by Gasteiger charge is -2.24. The lowest BCUT2D eigenvalue weighted by Crippen LogP contribution is -2.30. The molecular formula is C10H14N2OS. The molecule has 1 aliphatic heterocycles. The smallest absolute Gasteiger partial charge is 0.0964 e. The van der Waals surface area contributed by atoms with Crippen LogP contribution in [0.2, 0.25) is 0 Å². The number of nitrogens with zero attached hydrogens (tertiary/aromatic N) is 1. The molecule has 0 aromatic carbocycles. The van der Waals surface area contributed by atoms with E-state index in [0.29, 0.717) is 5.25 Å². The molecule has 0 amide bonds. The summed E-state index contributed by atoms with van der Waals surface area (Å²) in [4.78, 5) is 4.39. The van der Waals surface area contributed by atoms with E-state index in [0.717, 1.165) is 24.8 Å². The maximum Gasteiger partial charge on any atom is 0.0964 e. The van der Waals surface area contributed by atoms with Gasteiger partial charge in [0.15, 0.2) is 0 Å². The van der Waals surface area contributed by atoms with Crippen LogP contribution < -0.4 is 5.32 Å². The Balaban J connectivity index is 1.91. The molecule has 0 aliphatic carbocycles. The van der Waals surface area contributed by atoms with E-state index in [1.54, 1.807) is 11.8 Å². The molecule has 1 aromatic heterocycles. The van der Waals surface area contributed by atoms with Crippen LogP contribution in [0, 0.1) is 0 Å². The van der Waals surface area contributed by atoms with E-state index in [4.69, 9.17) is 4.74 Å². The van der Waals surface area contributed by atoms with Crippen molar-refractivity contribution in [3.63, 3.8) is 0 Å². The molecule has 0 radical (unpaired) electrons. The summed E-state index contributed by atoms with van der Waals surface area (Å²) in [5.41, 5.74) is 1.22. The number of aromatic nitrogens is 1. The van der Waals surface area contributed by atoms with E-state index in [-0.39, 0.29) is 0 Å². The quantitative estimate of drug-likeness (QED) is 0.812. The minimum atomic E-state index is 0.609. The van der Waals surface area contributed by atoms with Crippen molar-refractivity contribution in [1.29, 1.82) is 0 Å². The Hall–Kier alpha value is -0.580. The molecule has 0 saturated carbocycles. The molecule has 3 nitrogen and oxygen atoms in total. The largest absolute Gasteiger partial charge is 0.379 e. The van der Waals surface area contributed by atoms with Crippen molar-refractivity contribution >= 4 is 11.8 Å². The third kappa shape index (κ3) is 2.47. The third-order valence-electron chi connectivity index (χ3n) is 2.07. The van der Waals surface area contributed by atoms with Crippen molar-refractivity contribution in [2.45, 2.75) is 16.8 Å². The number of ether oxygens (including phenoxy) is 1. The Morgan fingerprint density at radius 3 is 2.93 bits per heavy atom. The molecule has 1 N–H and O–H groups in total. The molecule has 14 heavy (non-hydrogen) atoms. The number of thioether (sulfide) groups is 1. The zero-order valence-corrected chi connectivity index (χ0v) is 9.01. The van der Waals surface area contributed by atoms with Gasteiger partial charge in [0, 0.05) is 12.7 Å². The minimum Gasteiger partial charge on any atom is -0.379 e. The normalized spacial score (nSPS) is 16.6. The molecule has 2 rings (SSSR count). The van der Waals surface area contributed by atoms with Crippen molar-refractivity contribution in [3.8, 4) is 0 Å². The molecule has 4 heteroatoms. The van der Waals surface area contributed by atoms with Gasteiger partial charge in [0.25, 0.3) is 0 Å². The summed E-state index contributed by atoms with van der Waals surface area (Å²) < 4.78 is 5.11. The first-order valence-electron chi connectivity index (χ1n) is 4.72. The predicted octanol–water partition coefficient (Wildman–Crippen LogP) is 1.29. The third-order valence-corrected chi connectivity index (χ3v) is 3.16. The average molecular weight is 210 g/mol. The van der Waals surface area contributed by atoms with Gasteiger partial charge in [-0.2, -0.15) is 0 Å². The lowest BCUT2D eigenvalue weighted by atomic mass is 10.3. The summed E-state index contributed by atoms with van der Waals surface area (Å²) in [5, 5.41) is 4.80. The summed E-state index contributed by atoms with van der Waals surface area (Å²) in [6.45, 7) is 2.61. The Morgan fingerprint density at radius 2 is 2.43 bits per heavy atom. The molecule has 76 valence electrons. The topological polar surface area (TPSA) is 34.1 Å². The van der Waals surface area contributed by atoms with Crippen molar-refractivity contribution in [2.24, 2.45) is 0 Å². The number of hydrogen-bond acceptors (Lipinski definition) is 4. The van der Waals surface area contributed by atoms with Gasteiger partial charge >= 0.3 is 0 Å². The average Bonchev–Trinajstić information content (AvgIpc) is 2.14. The van der Waals surface area contributed by atoms with Crippen molar-refractivity contribution in [2.75, 3.05) is 20.3 Å². The van der Waals surface area contributed by atoms with Crippen LogP contribution >= 0.6 is 11.8 Å². The molecule has 2 heterocycles. The van der Waals surface area contributed by atoms with E-state index in [9.17, 15) is 0 Å². The van der Waals surface area contributed by atoms with Crippen LogP contribution in [0.15, 0.2) is 23.4 Å². The van der Waals surface area contributed by atoms with Gasteiger partial charge in [0.1, 0.15) is 0 Å². The van der Waals surface area contributed by atoms with Gasteiger partial charge in [-0.3, -0.25) is 0 Å². The standard InChI is InChI=1S/C10H14N2OS/c1-11-4-8-2-3-10(12-5-8)14-9-6-13-7-9/h2-3,5,9,11H,4,6-7H2,1H3. The van der Waals surface area contributed by atoms with Gasteiger partial charge in [-0.25, -0.2) is 4.98 Å². The summed E-state index contributed by atoms with van der Waals surface area (Å²) in [7, 11) is 1.94. The van der Waals surface area contributed by atoms with Gasteiger partial charge in [0.2, 0.25) is 0 Å². The predicted molar refractivity (Wildman–Crippen MR) is 57.5 cm³/mol. The van der Waals surface area contributed by atoms with Crippen LogP contribution in [-0.4, -0.2) is 30.5 Å². The Kier molecular flexibility index (Phi) is 3.39. The molecule has 0 spiro atoms. The first kappa shape index (κ1) is 9.96. The lowest BCUT2D eigenvalue weighted by molar-refractivity contribution is 0.0454. The highest BCUT2D eigenvalue weighted by Gasteiger charge is 2.19. The monoisotopic (exact) mass is 210 g/mol. The molecule has 0 bridgehead atoms. The second-order valence-electron chi connectivity index (χ2n) is 3.31. The van der Waals surface area contributed by atoms with Crippen molar-refractivity contribution in [3.05, 3.63) is 23.9 Å². The maximum absolute atomic E-state index is 5.11. The number of pyridine rings is 1. The Labute approximate surface area is 88.3 Å². The number of nitrogens with one attached hydrogen (secondary N) is 1. The highest BCUT2D eigenvalue weighted by atomic mass is 32.2. The van der Waals surface area contributed by atoms with E-state index < -0.39 is 0 Å². The van der Waals surface area contributed by atoms with Crippen LogP contribution in [0.25, 0.3) is 0 Å². The van der Waals surface area contributed by atoms with Gasteiger partial charge in [-0.1, -0.05) is 17.8 Å². The van der Waals surface area contributed by atoms with E-state index in [1.807, 2.05) is 13.2 Å². The van der Waals surface area contributed by atoms with Crippen molar-refractivity contribution in [1.82, 2.24) is 10.3 Å². The van der Waals surface area contributed by atoms with Crippen LogP contribution in [0.1, 0.15) is 5.56 Å². The highest BCUT2D eigenvalue weighted by Crippen LogP contribution is 2.26. The fourth-order valence-corrected chi connectivity index (χ4v) is 2.17.